The maximum atomic E-state index is 12.0. The van der Waals surface area contributed by atoms with E-state index in [-0.39, 0.29) is 12.1 Å². The topological polar surface area (TPSA) is 78.9 Å². The minimum absolute atomic E-state index is 0.0541. The van der Waals surface area contributed by atoms with Crippen LogP contribution in [0.25, 0.3) is 0 Å². The number of ether oxygens (including phenoxy) is 1. The van der Waals surface area contributed by atoms with Crippen LogP contribution in [-0.2, 0) is 9.53 Å². The highest BCUT2D eigenvalue weighted by atomic mass is 16.5. The van der Waals surface area contributed by atoms with Crippen molar-refractivity contribution in [2.75, 3.05) is 19.7 Å². The van der Waals surface area contributed by atoms with Crippen molar-refractivity contribution < 1.29 is 19.4 Å². The van der Waals surface area contributed by atoms with Crippen LogP contribution in [0.3, 0.4) is 0 Å². The molecule has 1 aliphatic rings. The first-order valence-electron chi connectivity index (χ1n) is 6.98. The summed E-state index contributed by atoms with van der Waals surface area (Å²) in [5, 5.41) is 11.7. The molecule has 0 bridgehead atoms. The molecule has 2 N–H and O–H groups in total. The van der Waals surface area contributed by atoms with Gasteiger partial charge in [0.25, 0.3) is 0 Å². The highest BCUT2D eigenvalue weighted by Gasteiger charge is 2.26. The SMILES string of the molecule is CCCCC(NC(=O)N1CCOC(CC)C1)C(=O)O. The maximum absolute atomic E-state index is 12.0. The summed E-state index contributed by atoms with van der Waals surface area (Å²) in [6.07, 6.45) is 3.08. The first-order chi connectivity index (χ1) is 9.08. The summed E-state index contributed by atoms with van der Waals surface area (Å²) in [6, 6.07) is -1.10. The van der Waals surface area contributed by atoms with Crippen molar-refractivity contribution in [1.82, 2.24) is 10.2 Å². The van der Waals surface area contributed by atoms with E-state index < -0.39 is 12.0 Å². The van der Waals surface area contributed by atoms with E-state index in [4.69, 9.17) is 9.84 Å². The molecule has 2 unspecified atom stereocenters. The second-order valence-electron chi connectivity index (χ2n) is 4.83. The van der Waals surface area contributed by atoms with E-state index in [1.165, 1.54) is 0 Å². The van der Waals surface area contributed by atoms with Crippen LogP contribution in [0.1, 0.15) is 39.5 Å². The molecule has 6 nitrogen and oxygen atoms in total. The van der Waals surface area contributed by atoms with E-state index in [2.05, 4.69) is 5.32 Å². The fourth-order valence-corrected chi connectivity index (χ4v) is 2.06. The molecule has 0 radical (unpaired) electrons. The maximum Gasteiger partial charge on any atom is 0.326 e. The number of unbranched alkanes of at least 4 members (excludes halogenated alkanes) is 1. The van der Waals surface area contributed by atoms with Crippen molar-refractivity contribution in [1.29, 1.82) is 0 Å². The van der Waals surface area contributed by atoms with E-state index in [9.17, 15) is 9.59 Å². The predicted molar refractivity (Wildman–Crippen MR) is 71.1 cm³/mol. The van der Waals surface area contributed by atoms with Gasteiger partial charge in [0.15, 0.2) is 0 Å². The van der Waals surface area contributed by atoms with E-state index >= 15 is 0 Å². The van der Waals surface area contributed by atoms with Gasteiger partial charge in [-0.3, -0.25) is 0 Å². The number of carboxylic acids is 1. The number of nitrogens with zero attached hydrogens (tertiary/aromatic N) is 1. The van der Waals surface area contributed by atoms with Gasteiger partial charge in [0.05, 0.1) is 12.7 Å². The molecule has 0 aromatic carbocycles. The van der Waals surface area contributed by atoms with Gasteiger partial charge in [-0.15, -0.1) is 0 Å². The molecule has 0 spiro atoms. The molecule has 1 rings (SSSR count). The lowest BCUT2D eigenvalue weighted by molar-refractivity contribution is -0.139. The second-order valence-corrected chi connectivity index (χ2v) is 4.83. The van der Waals surface area contributed by atoms with Gasteiger partial charge in [0.2, 0.25) is 0 Å². The Morgan fingerprint density at radius 2 is 2.21 bits per heavy atom. The number of morpholine rings is 1. The van der Waals surface area contributed by atoms with E-state index in [1.54, 1.807) is 4.90 Å². The molecule has 1 saturated heterocycles. The lowest BCUT2D eigenvalue weighted by Crippen LogP contribution is -2.53. The standard InChI is InChI=1S/C13H24N2O4/c1-3-5-6-11(12(16)17)14-13(18)15-7-8-19-10(4-2)9-15/h10-11H,3-9H2,1-2H3,(H,14,18)(H,16,17). The first-order valence-corrected chi connectivity index (χ1v) is 6.98. The number of hydrogen-bond donors (Lipinski definition) is 2. The number of carboxylic acid groups (broad SMARTS) is 1. The molecule has 19 heavy (non-hydrogen) atoms. The summed E-state index contributed by atoms with van der Waals surface area (Å²) < 4.78 is 5.49. The largest absolute Gasteiger partial charge is 0.480 e. The summed E-state index contributed by atoms with van der Waals surface area (Å²) in [7, 11) is 0. The Bertz CT molecular complexity index is 309. The Morgan fingerprint density at radius 3 is 2.79 bits per heavy atom. The van der Waals surface area contributed by atoms with Gasteiger partial charge in [-0.2, -0.15) is 0 Å². The zero-order chi connectivity index (χ0) is 14.3. The normalized spacial score (nSPS) is 20.9. The number of carbonyl (C=O) groups excluding carboxylic acids is 1. The summed E-state index contributed by atoms with van der Waals surface area (Å²) in [4.78, 5) is 24.8. The van der Waals surface area contributed by atoms with Gasteiger partial charge in [0, 0.05) is 13.1 Å². The minimum Gasteiger partial charge on any atom is -0.480 e. The van der Waals surface area contributed by atoms with Gasteiger partial charge in [0.1, 0.15) is 6.04 Å². The van der Waals surface area contributed by atoms with Crippen LogP contribution in [0.5, 0.6) is 0 Å². The third-order valence-electron chi connectivity index (χ3n) is 3.32. The third-order valence-corrected chi connectivity index (χ3v) is 3.32. The zero-order valence-corrected chi connectivity index (χ0v) is 11.7. The molecule has 2 atom stereocenters. The molecule has 0 aromatic rings. The van der Waals surface area contributed by atoms with Crippen LogP contribution in [0.2, 0.25) is 0 Å². The van der Waals surface area contributed by atoms with Crippen molar-refractivity contribution in [2.45, 2.75) is 51.7 Å². The van der Waals surface area contributed by atoms with Crippen molar-refractivity contribution in [3.05, 3.63) is 0 Å². The Balaban J connectivity index is 2.48. The van der Waals surface area contributed by atoms with Crippen LogP contribution in [0.15, 0.2) is 0 Å². The van der Waals surface area contributed by atoms with Crippen molar-refractivity contribution in [3.63, 3.8) is 0 Å². The Hall–Kier alpha value is -1.30. The number of carbonyl (C=O) groups is 2. The van der Waals surface area contributed by atoms with Crippen LogP contribution in [-0.4, -0.2) is 53.8 Å². The van der Waals surface area contributed by atoms with Gasteiger partial charge < -0.3 is 20.1 Å². The fourth-order valence-electron chi connectivity index (χ4n) is 2.06. The van der Waals surface area contributed by atoms with Crippen LogP contribution < -0.4 is 5.32 Å². The summed E-state index contributed by atoms with van der Waals surface area (Å²) >= 11 is 0. The van der Waals surface area contributed by atoms with Crippen molar-refractivity contribution in [2.24, 2.45) is 0 Å². The molecule has 0 aliphatic carbocycles. The number of aliphatic carboxylic acids is 1. The van der Waals surface area contributed by atoms with Gasteiger partial charge in [-0.05, 0) is 12.8 Å². The molecule has 6 heteroatoms. The molecule has 0 saturated carbocycles. The lowest BCUT2D eigenvalue weighted by atomic mass is 10.1. The molecule has 1 fully saturated rings. The van der Waals surface area contributed by atoms with E-state index in [1.807, 2.05) is 13.8 Å². The molecular weight excluding hydrogens is 248 g/mol. The van der Waals surface area contributed by atoms with Crippen LogP contribution in [0, 0.1) is 0 Å². The van der Waals surface area contributed by atoms with E-state index in [0.29, 0.717) is 26.1 Å². The summed E-state index contributed by atoms with van der Waals surface area (Å²) in [5.74, 6) is -0.970. The van der Waals surface area contributed by atoms with E-state index in [0.717, 1.165) is 19.3 Å². The van der Waals surface area contributed by atoms with Gasteiger partial charge in [-0.1, -0.05) is 26.7 Å². The molecule has 1 aliphatic heterocycles. The average Bonchev–Trinajstić information content (AvgIpc) is 2.42. The number of rotatable bonds is 6. The molecule has 0 aromatic heterocycles. The quantitative estimate of drug-likeness (QED) is 0.767. The van der Waals surface area contributed by atoms with Crippen molar-refractivity contribution in [3.8, 4) is 0 Å². The number of amides is 2. The van der Waals surface area contributed by atoms with Crippen LogP contribution in [0.4, 0.5) is 4.79 Å². The Kier molecular flexibility index (Phi) is 6.62. The monoisotopic (exact) mass is 272 g/mol. The molecule has 2 amide bonds. The smallest absolute Gasteiger partial charge is 0.326 e. The molecule has 110 valence electrons. The Labute approximate surface area is 114 Å². The number of urea groups is 1. The minimum atomic E-state index is -0.970. The van der Waals surface area contributed by atoms with Gasteiger partial charge in [-0.25, -0.2) is 9.59 Å². The summed E-state index contributed by atoms with van der Waals surface area (Å²) in [6.45, 7) is 5.56. The molecular formula is C13H24N2O4. The van der Waals surface area contributed by atoms with Crippen LogP contribution >= 0.6 is 0 Å². The highest BCUT2D eigenvalue weighted by molar-refractivity contribution is 5.82. The zero-order valence-electron chi connectivity index (χ0n) is 11.7. The van der Waals surface area contributed by atoms with Crippen molar-refractivity contribution >= 4 is 12.0 Å². The van der Waals surface area contributed by atoms with Gasteiger partial charge >= 0.3 is 12.0 Å². The number of nitrogens with one attached hydrogen (secondary N) is 1. The average molecular weight is 272 g/mol. The first kappa shape index (κ1) is 15.8. The fraction of sp³-hybridized carbons (Fsp3) is 0.846. The number of hydrogen-bond acceptors (Lipinski definition) is 3. The Morgan fingerprint density at radius 1 is 1.47 bits per heavy atom. The lowest BCUT2D eigenvalue weighted by Gasteiger charge is -2.33. The summed E-state index contributed by atoms with van der Waals surface area (Å²) in [5.41, 5.74) is 0. The molecule has 1 heterocycles. The highest BCUT2D eigenvalue weighted by Crippen LogP contribution is 2.09. The third kappa shape index (κ3) is 5.06. The second kappa shape index (κ2) is 7.99. The predicted octanol–water partition coefficient (Wildman–Crippen LogP) is 1.45.